The molecule has 156 valence electrons. The highest BCUT2D eigenvalue weighted by Crippen LogP contribution is 2.17. The number of rotatable bonds is 9. The zero-order valence-corrected chi connectivity index (χ0v) is 17.2. The standard InChI is InChI=1S/C23H23NO5S/c25-23(20-6-2-1-3-7-20)29-21(13-9-19-5-4-16-24-17-19)12-8-18-10-14-22(15-11-18)30(26,27)28/h1-7,10-11,14-17,21H,8-9,12-13H2,(H,26,27,28). The van der Waals surface area contributed by atoms with E-state index >= 15 is 0 Å². The van der Waals surface area contributed by atoms with Gasteiger partial charge in [0.1, 0.15) is 6.10 Å². The van der Waals surface area contributed by atoms with E-state index in [4.69, 9.17) is 9.29 Å². The van der Waals surface area contributed by atoms with Gasteiger partial charge in [-0.15, -0.1) is 0 Å². The zero-order valence-electron chi connectivity index (χ0n) is 16.3. The van der Waals surface area contributed by atoms with Gasteiger partial charge < -0.3 is 4.74 Å². The maximum absolute atomic E-state index is 12.5. The fourth-order valence-electron chi connectivity index (χ4n) is 3.09. The Labute approximate surface area is 176 Å². The van der Waals surface area contributed by atoms with Gasteiger partial charge >= 0.3 is 5.97 Å². The minimum Gasteiger partial charge on any atom is -0.459 e. The second kappa shape index (κ2) is 10.1. The molecule has 3 rings (SSSR count). The Morgan fingerprint density at radius 1 is 0.900 bits per heavy atom. The number of aryl methyl sites for hydroxylation is 2. The van der Waals surface area contributed by atoms with Crippen molar-refractivity contribution < 1.29 is 22.5 Å². The Morgan fingerprint density at radius 2 is 1.57 bits per heavy atom. The average Bonchev–Trinajstić information content (AvgIpc) is 2.76. The SMILES string of the molecule is O=C(OC(CCc1ccc(S(=O)(=O)O)cc1)CCc1cccnc1)c1ccccc1. The van der Waals surface area contributed by atoms with Crippen LogP contribution >= 0.6 is 0 Å². The quantitative estimate of drug-likeness (QED) is 0.409. The van der Waals surface area contributed by atoms with E-state index < -0.39 is 10.1 Å². The lowest BCUT2D eigenvalue weighted by molar-refractivity contribution is 0.0263. The molecule has 1 N–H and O–H groups in total. The molecule has 0 fully saturated rings. The molecule has 1 heterocycles. The minimum absolute atomic E-state index is 0.144. The molecular weight excluding hydrogens is 402 g/mol. The number of esters is 1. The van der Waals surface area contributed by atoms with E-state index in [9.17, 15) is 13.2 Å². The number of benzene rings is 2. The highest BCUT2D eigenvalue weighted by atomic mass is 32.2. The van der Waals surface area contributed by atoms with Crippen molar-refractivity contribution in [3.8, 4) is 0 Å². The molecular formula is C23H23NO5S. The second-order valence-corrected chi connectivity index (χ2v) is 8.37. The maximum Gasteiger partial charge on any atom is 0.338 e. The molecule has 7 heteroatoms. The molecule has 1 unspecified atom stereocenters. The van der Waals surface area contributed by atoms with Crippen LogP contribution in [-0.4, -0.2) is 30.0 Å². The maximum atomic E-state index is 12.5. The summed E-state index contributed by atoms with van der Waals surface area (Å²) in [5, 5.41) is 0. The first-order valence-corrected chi connectivity index (χ1v) is 11.1. The highest BCUT2D eigenvalue weighted by molar-refractivity contribution is 7.85. The van der Waals surface area contributed by atoms with Crippen LogP contribution in [0, 0.1) is 0 Å². The van der Waals surface area contributed by atoms with Gasteiger partial charge in [-0.1, -0.05) is 36.4 Å². The van der Waals surface area contributed by atoms with Crippen LogP contribution in [0.1, 0.15) is 34.3 Å². The van der Waals surface area contributed by atoms with Crippen LogP contribution in [-0.2, 0) is 27.7 Å². The molecule has 0 spiro atoms. The topological polar surface area (TPSA) is 93.6 Å². The van der Waals surface area contributed by atoms with Gasteiger partial charge in [-0.3, -0.25) is 9.54 Å². The van der Waals surface area contributed by atoms with Crippen molar-refractivity contribution >= 4 is 16.1 Å². The number of hydrogen-bond acceptors (Lipinski definition) is 5. The molecule has 0 aliphatic heterocycles. The first kappa shape index (κ1) is 21.7. The van der Waals surface area contributed by atoms with Gasteiger partial charge in [-0.25, -0.2) is 4.79 Å². The largest absolute Gasteiger partial charge is 0.459 e. The number of hydrogen-bond donors (Lipinski definition) is 1. The first-order chi connectivity index (χ1) is 14.4. The van der Waals surface area contributed by atoms with Crippen LogP contribution in [0.2, 0.25) is 0 Å². The lowest BCUT2D eigenvalue weighted by Crippen LogP contribution is -2.20. The molecule has 2 aromatic carbocycles. The van der Waals surface area contributed by atoms with Crippen molar-refractivity contribution in [2.45, 2.75) is 36.7 Å². The lowest BCUT2D eigenvalue weighted by atomic mass is 10.0. The third-order valence-electron chi connectivity index (χ3n) is 4.74. The van der Waals surface area contributed by atoms with Gasteiger partial charge in [-0.05, 0) is 67.1 Å². The van der Waals surface area contributed by atoms with Crippen molar-refractivity contribution in [2.75, 3.05) is 0 Å². The summed E-state index contributed by atoms with van der Waals surface area (Å²) in [7, 11) is -4.21. The summed E-state index contributed by atoms with van der Waals surface area (Å²) >= 11 is 0. The van der Waals surface area contributed by atoms with Crippen LogP contribution in [0.25, 0.3) is 0 Å². The van der Waals surface area contributed by atoms with Crippen molar-refractivity contribution in [2.24, 2.45) is 0 Å². The molecule has 1 aromatic heterocycles. The Balaban J connectivity index is 1.66. The third kappa shape index (κ3) is 6.50. The Kier molecular flexibility index (Phi) is 7.32. The Morgan fingerprint density at radius 3 is 2.17 bits per heavy atom. The second-order valence-electron chi connectivity index (χ2n) is 6.95. The van der Waals surface area contributed by atoms with E-state index in [1.54, 1.807) is 48.8 Å². The van der Waals surface area contributed by atoms with Crippen molar-refractivity contribution in [3.05, 3.63) is 95.8 Å². The van der Waals surface area contributed by atoms with E-state index in [1.807, 2.05) is 18.2 Å². The molecule has 0 saturated carbocycles. The molecule has 6 nitrogen and oxygen atoms in total. The van der Waals surface area contributed by atoms with Crippen molar-refractivity contribution in [1.29, 1.82) is 0 Å². The van der Waals surface area contributed by atoms with Gasteiger partial charge in [0.25, 0.3) is 10.1 Å². The van der Waals surface area contributed by atoms with E-state index in [2.05, 4.69) is 4.98 Å². The normalized spacial score (nSPS) is 12.3. The first-order valence-electron chi connectivity index (χ1n) is 9.63. The van der Waals surface area contributed by atoms with E-state index in [1.165, 1.54) is 12.1 Å². The van der Waals surface area contributed by atoms with Crippen LogP contribution in [0.5, 0.6) is 0 Å². The summed E-state index contributed by atoms with van der Waals surface area (Å²) in [5.74, 6) is -0.367. The zero-order chi connectivity index (χ0) is 21.4. The molecule has 0 bridgehead atoms. The van der Waals surface area contributed by atoms with Gasteiger partial charge in [-0.2, -0.15) is 8.42 Å². The number of ether oxygens (including phenoxy) is 1. The average molecular weight is 426 g/mol. The van der Waals surface area contributed by atoms with E-state index in [0.29, 0.717) is 24.8 Å². The third-order valence-corrected chi connectivity index (χ3v) is 5.61. The summed E-state index contributed by atoms with van der Waals surface area (Å²) in [4.78, 5) is 16.5. The number of pyridine rings is 1. The van der Waals surface area contributed by atoms with Gasteiger partial charge in [0.05, 0.1) is 10.5 Å². The molecule has 0 aliphatic carbocycles. The fraction of sp³-hybridized carbons (Fsp3) is 0.217. The van der Waals surface area contributed by atoms with Crippen LogP contribution < -0.4 is 0 Å². The van der Waals surface area contributed by atoms with Crippen LogP contribution in [0.15, 0.2) is 84.0 Å². The number of carbonyl (C=O) groups is 1. The summed E-state index contributed by atoms with van der Waals surface area (Å²) in [5.41, 5.74) is 2.46. The smallest absolute Gasteiger partial charge is 0.338 e. The highest BCUT2D eigenvalue weighted by Gasteiger charge is 2.17. The Hall–Kier alpha value is -3.03. The molecule has 0 radical (unpaired) electrons. The summed E-state index contributed by atoms with van der Waals surface area (Å²) in [6.45, 7) is 0. The van der Waals surface area contributed by atoms with Crippen LogP contribution in [0.3, 0.4) is 0 Å². The van der Waals surface area contributed by atoms with Gasteiger partial charge in [0.15, 0.2) is 0 Å². The predicted molar refractivity (Wildman–Crippen MR) is 113 cm³/mol. The number of carbonyl (C=O) groups excluding carboxylic acids is 1. The van der Waals surface area contributed by atoms with E-state index in [-0.39, 0.29) is 17.0 Å². The molecule has 30 heavy (non-hydrogen) atoms. The Bertz CT molecular complexity index is 1050. The van der Waals surface area contributed by atoms with Gasteiger partial charge in [0.2, 0.25) is 0 Å². The summed E-state index contributed by atoms with van der Waals surface area (Å²) in [6, 6.07) is 18.7. The van der Waals surface area contributed by atoms with E-state index in [0.717, 1.165) is 17.5 Å². The molecule has 0 amide bonds. The molecule has 0 saturated heterocycles. The number of aromatic nitrogens is 1. The fourth-order valence-corrected chi connectivity index (χ4v) is 3.57. The monoisotopic (exact) mass is 425 g/mol. The van der Waals surface area contributed by atoms with Crippen molar-refractivity contribution in [1.82, 2.24) is 4.98 Å². The molecule has 3 aromatic rings. The van der Waals surface area contributed by atoms with Crippen molar-refractivity contribution in [3.63, 3.8) is 0 Å². The summed E-state index contributed by atoms with van der Waals surface area (Å²) < 4.78 is 37.2. The molecule has 1 atom stereocenters. The number of nitrogens with zero attached hydrogens (tertiary/aromatic N) is 1. The molecule has 0 aliphatic rings. The lowest BCUT2D eigenvalue weighted by Gasteiger charge is -2.18. The minimum atomic E-state index is -4.21. The van der Waals surface area contributed by atoms with Crippen LogP contribution in [0.4, 0.5) is 0 Å². The summed E-state index contributed by atoms with van der Waals surface area (Å²) in [6.07, 6.45) is 5.77. The predicted octanol–water partition coefficient (Wildman–Crippen LogP) is 4.12. The van der Waals surface area contributed by atoms with Gasteiger partial charge in [0, 0.05) is 12.4 Å².